The number of benzene rings is 2. The van der Waals surface area contributed by atoms with Gasteiger partial charge in [0.05, 0.1) is 6.54 Å². The summed E-state index contributed by atoms with van der Waals surface area (Å²) >= 11 is 0. The molecular weight excluding hydrogens is 302 g/mol. The molecule has 0 radical (unpaired) electrons. The van der Waals surface area contributed by atoms with Crippen molar-refractivity contribution in [1.82, 2.24) is 5.32 Å². The van der Waals surface area contributed by atoms with Crippen LogP contribution in [0.3, 0.4) is 0 Å². The summed E-state index contributed by atoms with van der Waals surface area (Å²) in [5.74, 6) is -0.102. The van der Waals surface area contributed by atoms with E-state index in [4.69, 9.17) is 0 Å². The minimum atomic E-state index is -0.376. The Morgan fingerprint density at radius 2 is 1.88 bits per heavy atom. The molecule has 0 saturated carbocycles. The molecule has 0 bridgehead atoms. The van der Waals surface area contributed by atoms with Crippen LogP contribution < -0.4 is 15.5 Å². The smallest absolute Gasteiger partial charge is 0.319 e. The fourth-order valence-electron chi connectivity index (χ4n) is 2.84. The van der Waals surface area contributed by atoms with E-state index >= 15 is 0 Å². The van der Waals surface area contributed by atoms with E-state index in [1.807, 2.05) is 56.3 Å². The predicted octanol–water partition coefficient (Wildman–Crippen LogP) is 3.01. The summed E-state index contributed by atoms with van der Waals surface area (Å²) in [6.45, 7) is 4.65. The van der Waals surface area contributed by atoms with E-state index in [-0.39, 0.29) is 18.5 Å². The van der Waals surface area contributed by atoms with Gasteiger partial charge in [0.1, 0.15) is 0 Å². The van der Waals surface area contributed by atoms with Gasteiger partial charge >= 0.3 is 6.03 Å². The number of rotatable bonds is 3. The van der Waals surface area contributed by atoms with Gasteiger partial charge < -0.3 is 15.5 Å². The number of para-hydroxylation sites is 1. The van der Waals surface area contributed by atoms with Crippen LogP contribution in [-0.4, -0.2) is 25.0 Å². The first kappa shape index (κ1) is 16.1. The van der Waals surface area contributed by atoms with Crippen molar-refractivity contribution >= 4 is 23.3 Å². The van der Waals surface area contributed by atoms with Crippen molar-refractivity contribution in [3.05, 3.63) is 59.2 Å². The molecule has 0 atom stereocenters. The van der Waals surface area contributed by atoms with Gasteiger partial charge in [-0.3, -0.25) is 4.79 Å². The van der Waals surface area contributed by atoms with Crippen LogP contribution in [0.5, 0.6) is 0 Å². The fourth-order valence-corrected chi connectivity index (χ4v) is 2.84. The lowest BCUT2D eigenvalue weighted by Gasteiger charge is -2.17. The minimum absolute atomic E-state index is 0.0228. The maximum atomic E-state index is 12.3. The Balaban J connectivity index is 1.55. The SMILES string of the molecule is Cc1ccc(NC(=O)NCC(=O)N2CCc3ccccc32)cc1C. The monoisotopic (exact) mass is 323 g/mol. The average Bonchev–Trinajstić information content (AvgIpc) is 3.00. The zero-order valence-electron chi connectivity index (χ0n) is 13.9. The summed E-state index contributed by atoms with van der Waals surface area (Å²) in [6.07, 6.45) is 0.858. The van der Waals surface area contributed by atoms with Gasteiger partial charge in [0.15, 0.2) is 0 Å². The van der Waals surface area contributed by atoms with Crippen LogP contribution in [0.15, 0.2) is 42.5 Å². The molecule has 5 nitrogen and oxygen atoms in total. The maximum absolute atomic E-state index is 12.3. The van der Waals surface area contributed by atoms with Gasteiger partial charge in [0, 0.05) is 17.9 Å². The van der Waals surface area contributed by atoms with Crippen LogP contribution in [0.1, 0.15) is 16.7 Å². The number of nitrogens with one attached hydrogen (secondary N) is 2. The summed E-state index contributed by atoms with van der Waals surface area (Å²) in [5.41, 5.74) is 5.11. The zero-order valence-corrected chi connectivity index (χ0v) is 13.9. The molecular formula is C19H21N3O2. The number of fused-ring (bicyclic) bond motifs is 1. The van der Waals surface area contributed by atoms with Crippen molar-refractivity contribution in [3.63, 3.8) is 0 Å². The van der Waals surface area contributed by atoms with Crippen LogP contribution >= 0.6 is 0 Å². The molecule has 124 valence electrons. The maximum Gasteiger partial charge on any atom is 0.319 e. The molecule has 0 aliphatic carbocycles. The number of anilines is 2. The van der Waals surface area contributed by atoms with Gasteiger partial charge in [-0.2, -0.15) is 0 Å². The second-order valence-electron chi connectivity index (χ2n) is 6.03. The molecule has 1 heterocycles. The first-order valence-electron chi connectivity index (χ1n) is 8.05. The third-order valence-corrected chi connectivity index (χ3v) is 4.35. The third-order valence-electron chi connectivity index (χ3n) is 4.35. The minimum Gasteiger partial charge on any atom is -0.329 e. The second-order valence-corrected chi connectivity index (χ2v) is 6.03. The molecule has 2 aromatic carbocycles. The molecule has 2 N–H and O–H groups in total. The van der Waals surface area contributed by atoms with Gasteiger partial charge in [0.2, 0.25) is 5.91 Å². The molecule has 1 aliphatic heterocycles. The van der Waals surface area contributed by atoms with Crippen LogP contribution in [0.25, 0.3) is 0 Å². The van der Waals surface area contributed by atoms with Gasteiger partial charge in [-0.05, 0) is 55.2 Å². The first-order valence-corrected chi connectivity index (χ1v) is 8.05. The Kier molecular flexibility index (Phi) is 4.51. The van der Waals surface area contributed by atoms with E-state index < -0.39 is 0 Å². The van der Waals surface area contributed by atoms with E-state index in [9.17, 15) is 9.59 Å². The second kappa shape index (κ2) is 6.74. The van der Waals surface area contributed by atoms with Crippen molar-refractivity contribution in [3.8, 4) is 0 Å². The summed E-state index contributed by atoms with van der Waals surface area (Å²) < 4.78 is 0. The highest BCUT2D eigenvalue weighted by atomic mass is 16.2. The number of hydrogen-bond acceptors (Lipinski definition) is 2. The van der Waals surface area contributed by atoms with Crippen molar-refractivity contribution in [1.29, 1.82) is 0 Å². The summed E-state index contributed by atoms with van der Waals surface area (Å²) in [6, 6.07) is 13.2. The van der Waals surface area contributed by atoms with Gasteiger partial charge in [0.25, 0.3) is 0 Å². The Morgan fingerprint density at radius 1 is 1.08 bits per heavy atom. The Hall–Kier alpha value is -2.82. The molecule has 3 rings (SSSR count). The van der Waals surface area contributed by atoms with Crippen molar-refractivity contribution < 1.29 is 9.59 Å². The van der Waals surface area contributed by atoms with E-state index in [2.05, 4.69) is 10.6 Å². The average molecular weight is 323 g/mol. The lowest BCUT2D eigenvalue weighted by molar-refractivity contribution is -0.117. The molecule has 0 unspecified atom stereocenters. The van der Waals surface area contributed by atoms with E-state index in [0.717, 1.165) is 23.4 Å². The van der Waals surface area contributed by atoms with E-state index in [1.54, 1.807) is 4.90 Å². The number of nitrogens with zero attached hydrogens (tertiary/aromatic N) is 1. The van der Waals surface area contributed by atoms with Crippen molar-refractivity contribution in [2.24, 2.45) is 0 Å². The molecule has 0 fully saturated rings. The van der Waals surface area contributed by atoms with Crippen LogP contribution in [0.4, 0.5) is 16.2 Å². The lowest BCUT2D eigenvalue weighted by Crippen LogP contribution is -2.41. The number of carbonyl (C=O) groups excluding carboxylic acids is 2. The quantitative estimate of drug-likeness (QED) is 0.912. The Labute approximate surface area is 141 Å². The van der Waals surface area contributed by atoms with Crippen LogP contribution in [0.2, 0.25) is 0 Å². The highest BCUT2D eigenvalue weighted by Crippen LogP contribution is 2.27. The lowest BCUT2D eigenvalue weighted by atomic mass is 10.1. The number of urea groups is 1. The van der Waals surface area contributed by atoms with Gasteiger partial charge in [-0.15, -0.1) is 0 Å². The summed E-state index contributed by atoms with van der Waals surface area (Å²) in [5, 5.41) is 5.39. The topological polar surface area (TPSA) is 61.4 Å². The fraction of sp³-hybridized carbons (Fsp3) is 0.263. The van der Waals surface area contributed by atoms with Gasteiger partial charge in [-0.1, -0.05) is 24.3 Å². The Morgan fingerprint density at radius 3 is 2.67 bits per heavy atom. The van der Waals surface area contributed by atoms with Crippen molar-refractivity contribution in [2.45, 2.75) is 20.3 Å². The molecule has 1 aliphatic rings. The van der Waals surface area contributed by atoms with Crippen molar-refractivity contribution in [2.75, 3.05) is 23.3 Å². The highest BCUT2D eigenvalue weighted by molar-refractivity contribution is 5.99. The molecule has 5 heteroatoms. The first-order chi connectivity index (χ1) is 11.5. The molecule has 24 heavy (non-hydrogen) atoms. The molecule has 2 aromatic rings. The normalized spacial score (nSPS) is 12.7. The molecule has 3 amide bonds. The zero-order chi connectivity index (χ0) is 17.1. The number of aryl methyl sites for hydroxylation is 2. The van der Waals surface area contributed by atoms with Gasteiger partial charge in [-0.25, -0.2) is 4.79 Å². The van der Waals surface area contributed by atoms with Crippen LogP contribution in [0, 0.1) is 13.8 Å². The number of hydrogen-bond donors (Lipinski definition) is 2. The number of carbonyl (C=O) groups is 2. The van der Waals surface area contributed by atoms with E-state index in [0.29, 0.717) is 6.54 Å². The molecule has 0 aromatic heterocycles. The van der Waals surface area contributed by atoms with E-state index in [1.165, 1.54) is 11.1 Å². The summed E-state index contributed by atoms with van der Waals surface area (Å²) in [4.78, 5) is 26.1. The molecule has 0 saturated heterocycles. The summed E-state index contributed by atoms with van der Waals surface area (Å²) in [7, 11) is 0. The Bertz CT molecular complexity index is 786. The number of amides is 3. The molecule has 0 spiro atoms. The predicted molar refractivity (Wildman–Crippen MR) is 95.4 cm³/mol. The third kappa shape index (κ3) is 3.40. The largest absolute Gasteiger partial charge is 0.329 e. The highest BCUT2D eigenvalue weighted by Gasteiger charge is 2.24. The van der Waals surface area contributed by atoms with Crippen LogP contribution in [-0.2, 0) is 11.2 Å². The standard InChI is InChI=1S/C19H21N3O2/c1-13-7-8-16(11-14(13)2)21-19(24)20-12-18(23)22-10-9-15-5-3-4-6-17(15)22/h3-8,11H,9-10,12H2,1-2H3,(H2,20,21,24).